The Morgan fingerprint density at radius 3 is 2.73 bits per heavy atom. The number of hydrogen-bond donors (Lipinski definition) is 4. The second-order valence-corrected chi connectivity index (χ2v) is 14.3. The zero-order chi connectivity index (χ0) is 33.1. The Balaban J connectivity index is 1.66. The summed E-state index contributed by atoms with van der Waals surface area (Å²) in [4.78, 5) is 35.3. The minimum absolute atomic E-state index is 0.0573. The molecule has 1 unspecified atom stereocenters. The summed E-state index contributed by atoms with van der Waals surface area (Å²) in [6.45, 7) is 4.32. The number of aromatic amines is 1. The molecular weight excluding hydrogens is 633 g/mol. The van der Waals surface area contributed by atoms with Gasteiger partial charge in [0.05, 0.1) is 19.0 Å². The smallest absolute Gasteiger partial charge is 0.323 e. The van der Waals surface area contributed by atoms with Crippen molar-refractivity contribution in [2.45, 2.75) is 96.8 Å². The summed E-state index contributed by atoms with van der Waals surface area (Å²) in [6, 6.07) is 4.46. The number of esters is 1. The Morgan fingerprint density at radius 1 is 1.36 bits per heavy atom. The predicted molar refractivity (Wildman–Crippen MR) is 167 cm³/mol. The molecule has 17 heteroatoms. The number of nitrogen functional groups attached to an aromatic ring is 1. The number of aliphatic hydroxyl groups is 1. The lowest BCUT2D eigenvalue weighted by molar-refractivity contribution is -0.168. The van der Waals surface area contributed by atoms with Gasteiger partial charge in [-0.05, 0) is 62.6 Å². The second kappa shape index (κ2) is 14.2. The van der Waals surface area contributed by atoms with Crippen LogP contribution in [0.15, 0.2) is 29.3 Å². The number of aryl methyl sites for hydroxylation is 1. The lowest BCUT2D eigenvalue weighted by Crippen LogP contribution is -2.43. The number of fused-ring (bicyclic) bond motifs is 1. The van der Waals surface area contributed by atoms with Crippen LogP contribution in [0.1, 0.15) is 64.8 Å². The van der Waals surface area contributed by atoms with Gasteiger partial charge in [0, 0.05) is 6.42 Å². The number of alkyl halides is 2. The van der Waals surface area contributed by atoms with E-state index in [-0.39, 0.29) is 17.1 Å². The maximum absolute atomic E-state index is 14.8. The number of nitrogens with two attached hydrogens (primary N) is 1. The van der Waals surface area contributed by atoms with E-state index in [1.165, 1.54) is 6.92 Å². The van der Waals surface area contributed by atoms with Crippen molar-refractivity contribution in [2.24, 2.45) is 0 Å². The van der Waals surface area contributed by atoms with Crippen LogP contribution >= 0.6 is 6.64 Å². The molecule has 1 aromatic carbocycles. The lowest BCUT2D eigenvalue weighted by atomic mass is 10.0. The first-order chi connectivity index (χ1) is 21.2. The molecule has 0 spiro atoms. The molecule has 1 saturated heterocycles. The van der Waals surface area contributed by atoms with Crippen LogP contribution < -0.4 is 20.9 Å². The zero-order valence-electron chi connectivity index (χ0n) is 25.7. The SMILES string of the molecule is CCCc1c(CC)cccc1OP(=S)(N[C@@H](C)C(=O)OC(C)C)OC[C@]1(C(F)F)C[C@@H](O)[C@H](n2cnc3c(=O)[nH]c(N)nc32)O1. The van der Waals surface area contributed by atoms with Gasteiger partial charge in [-0.2, -0.15) is 4.98 Å². The number of aliphatic hydroxyl groups excluding tert-OH is 1. The molecule has 1 aliphatic rings. The zero-order valence-corrected chi connectivity index (χ0v) is 27.4. The normalized spacial score (nSPS) is 22.2. The number of anilines is 1. The molecule has 0 saturated carbocycles. The van der Waals surface area contributed by atoms with Gasteiger partial charge in [0.25, 0.3) is 12.0 Å². The quantitative estimate of drug-likeness (QED) is 0.144. The molecule has 2 aromatic heterocycles. The van der Waals surface area contributed by atoms with Crippen molar-refractivity contribution < 1.29 is 37.2 Å². The van der Waals surface area contributed by atoms with E-state index in [1.807, 2.05) is 19.9 Å². The van der Waals surface area contributed by atoms with Crippen molar-refractivity contribution >= 4 is 41.5 Å². The highest BCUT2D eigenvalue weighted by Crippen LogP contribution is 2.50. The standard InChI is InChI=1S/C28H39F2N6O7PS/c1-6-9-18-17(7-2)10-8-11-20(18)43-44(45,35-16(5)25(39)41-15(3)4)40-13-28(26(29)30)12-19(37)24(42-28)36-14-32-21-22(36)33-27(31)34-23(21)38/h8,10-11,14-16,19,24,26,37H,6-7,9,12-13H2,1-5H3,(H,35,45)(H3,31,33,34,38)/t16-,19+,24+,28-,44?/m0/s1. The van der Waals surface area contributed by atoms with Crippen molar-refractivity contribution in [3.8, 4) is 5.75 Å². The second-order valence-electron chi connectivity index (χ2n) is 11.1. The molecule has 248 valence electrons. The number of nitrogens with one attached hydrogen (secondary N) is 2. The molecule has 0 bridgehead atoms. The van der Waals surface area contributed by atoms with Crippen LogP contribution in [0.5, 0.6) is 5.75 Å². The molecule has 3 aromatic rings. The van der Waals surface area contributed by atoms with E-state index in [2.05, 4.69) is 20.0 Å². The number of ether oxygens (including phenoxy) is 2. The fraction of sp³-hybridized carbons (Fsp3) is 0.571. The molecule has 1 fully saturated rings. The van der Waals surface area contributed by atoms with E-state index in [0.717, 1.165) is 34.9 Å². The van der Waals surface area contributed by atoms with E-state index < -0.39 is 67.7 Å². The Kier molecular flexibility index (Phi) is 11.0. The van der Waals surface area contributed by atoms with Gasteiger partial charge in [-0.3, -0.25) is 19.1 Å². The van der Waals surface area contributed by atoms with Crippen LogP contribution in [0.25, 0.3) is 11.2 Å². The number of aromatic nitrogens is 4. The highest BCUT2D eigenvalue weighted by molar-refractivity contribution is 8.09. The van der Waals surface area contributed by atoms with Gasteiger partial charge in [0.2, 0.25) is 5.95 Å². The molecule has 1 aliphatic heterocycles. The van der Waals surface area contributed by atoms with Crippen LogP contribution in [-0.2, 0) is 43.4 Å². The molecule has 0 aliphatic carbocycles. The van der Waals surface area contributed by atoms with Gasteiger partial charge in [-0.25, -0.2) is 18.9 Å². The number of rotatable bonds is 14. The van der Waals surface area contributed by atoms with E-state index in [4.69, 9.17) is 36.1 Å². The molecule has 5 N–H and O–H groups in total. The average Bonchev–Trinajstić information content (AvgIpc) is 3.54. The summed E-state index contributed by atoms with van der Waals surface area (Å²) in [5.74, 6) is -0.451. The maximum atomic E-state index is 14.8. The highest BCUT2D eigenvalue weighted by atomic mass is 32.5. The van der Waals surface area contributed by atoms with Crippen LogP contribution in [0.3, 0.4) is 0 Å². The minimum Gasteiger partial charge on any atom is -0.462 e. The third-order valence-corrected chi connectivity index (χ3v) is 9.69. The maximum Gasteiger partial charge on any atom is 0.323 e. The van der Waals surface area contributed by atoms with Crippen LogP contribution in [-0.4, -0.2) is 67.5 Å². The third-order valence-electron chi connectivity index (χ3n) is 7.23. The van der Waals surface area contributed by atoms with Gasteiger partial charge < -0.3 is 29.4 Å². The lowest BCUT2D eigenvalue weighted by Gasteiger charge is -2.33. The van der Waals surface area contributed by atoms with Crippen LogP contribution in [0.2, 0.25) is 0 Å². The highest BCUT2D eigenvalue weighted by Gasteiger charge is 2.54. The van der Waals surface area contributed by atoms with Crippen molar-refractivity contribution in [1.82, 2.24) is 24.6 Å². The number of hydrogen-bond acceptors (Lipinski definition) is 11. The molecule has 0 amide bonds. The summed E-state index contributed by atoms with van der Waals surface area (Å²) in [6.07, 6.45) is -3.69. The number of nitrogens with zero attached hydrogens (tertiary/aromatic N) is 3. The monoisotopic (exact) mass is 672 g/mol. The first-order valence-electron chi connectivity index (χ1n) is 14.6. The average molecular weight is 673 g/mol. The Bertz CT molecular complexity index is 1620. The molecule has 3 heterocycles. The van der Waals surface area contributed by atoms with Gasteiger partial charge in [-0.15, -0.1) is 0 Å². The van der Waals surface area contributed by atoms with E-state index in [0.29, 0.717) is 12.2 Å². The topological polar surface area (TPSA) is 176 Å². The molecular formula is C28H39F2N6O7PS. The van der Waals surface area contributed by atoms with Crippen molar-refractivity contribution in [2.75, 3.05) is 12.3 Å². The number of H-pyrrole nitrogens is 1. The summed E-state index contributed by atoms with van der Waals surface area (Å²) in [5, 5.41) is 13.8. The van der Waals surface area contributed by atoms with Gasteiger partial charge in [0.1, 0.15) is 17.9 Å². The first-order valence-corrected chi connectivity index (χ1v) is 17.3. The van der Waals surface area contributed by atoms with E-state index >= 15 is 0 Å². The van der Waals surface area contributed by atoms with Gasteiger partial charge in [-0.1, -0.05) is 32.4 Å². The fourth-order valence-electron chi connectivity index (χ4n) is 5.09. The van der Waals surface area contributed by atoms with E-state index in [1.54, 1.807) is 26.0 Å². The molecule has 5 atom stereocenters. The molecule has 0 radical (unpaired) electrons. The number of halogens is 2. The number of carbonyl (C=O) groups is 1. The molecule has 13 nitrogen and oxygen atoms in total. The molecule has 4 rings (SSSR count). The third kappa shape index (κ3) is 7.69. The van der Waals surface area contributed by atoms with Crippen LogP contribution in [0.4, 0.5) is 14.7 Å². The van der Waals surface area contributed by atoms with Crippen molar-refractivity contribution in [1.29, 1.82) is 0 Å². The van der Waals surface area contributed by atoms with Crippen molar-refractivity contribution in [3.63, 3.8) is 0 Å². The first kappa shape index (κ1) is 34.9. The van der Waals surface area contributed by atoms with Gasteiger partial charge >= 0.3 is 12.6 Å². The summed E-state index contributed by atoms with van der Waals surface area (Å²) >= 11 is 5.83. The summed E-state index contributed by atoms with van der Waals surface area (Å²) in [5.41, 5.74) is 4.42. The Hall–Kier alpha value is -3.01. The van der Waals surface area contributed by atoms with Gasteiger partial charge in [0.15, 0.2) is 23.0 Å². The minimum atomic E-state index is -3.77. The Morgan fingerprint density at radius 2 is 2.09 bits per heavy atom. The summed E-state index contributed by atoms with van der Waals surface area (Å²) < 4.78 is 54.2. The largest absolute Gasteiger partial charge is 0.462 e. The van der Waals surface area contributed by atoms with Crippen LogP contribution in [0, 0.1) is 0 Å². The molecule has 45 heavy (non-hydrogen) atoms. The fourth-order valence-corrected chi connectivity index (χ4v) is 7.54. The number of carbonyl (C=O) groups excluding carboxylic acids is 1. The Labute approximate surface area is 264 Å². The van der Waals surface area contributed by atoms with Crippen molar-refractivity contribution in [3.05, 3.63) is 46.0 Å². The number of imidazole rings is 1. The predicted octanol–water partition coefficient (Wildman–Crippen LogP) is 3.75. The summed E-state index contributed by atoms with van der Waals surface area (Å²) in [7, 11) is 0. The number of benzene rings is 1. The van der Waals surface area contributed by atoms with E-state index in [9.17, 15) is 23.5 Å².